The Bertz CT molecular complexity index is 712. The number of sulfonamides is 1. The van der Waals surface area contributed by atoms with E-state index in [1.807, 2.05) is 16.8 Å². The van der Waals surface area contributed by atoms with Crippen molar-refractivity contribution < 1.29 is 13.5 Å². The van der Waals surface area contributed by atoms with Crippen LogP contribution in [0.15, 0.2) is 33.9 Å². The van der Waals surface area contributed by atoms with Crippen molar-refractivity contribution in [2.75, 3.05) is 6.54 Å². The van der Waals surface area contributed by atoms with E-state index in [9.17, 15) is 13.5 Å². The summed E-state index contributed by atoms with van der Waals surface area (Å²) in [7, 11) is -3.64. The standard InChI is InChI=1S/C14H16ClNO3S2/c1-10-12(8-17)6-13(15)7-14(10)21(18,19)16-4-2-11-3-5-20-9-11/h3,5-7,9,16-17H,2,4,8H2,1H3. The molecule has 0 unspecified atom stereocenters. The van der Waals surface area contributed by atoms with Crippen LogP contribution >= 0.6 is 22.9 Å². The first-order valence-corrected chi connectivity index (χ1v) is 9.15. The lowest BCUT2D eigenvalue weighted by Gasteiger charge is -2.12. The Hall–Kier alpha value is -0.920. The molecule has 0 aliphatic rings. The Balaban J connectivity index is 2.17. The Morgan fingerprint density at radius 2 is 2.14 bits per heavy atom. The third kappa shape index (κ3) is 4.05. The molecule has 0 atom stereocenters. The van der Waals surface area contributed by atoms with Crippen LogP contribution < -0.4 is 4.72 Å². The number of rotatable bonds is 6. The SMILES string of the molecule is Cc1c(CO)cc(Cl)cc1S(=O)(=O)NCCc1ccsc1. The number of nitrogens with one attached hydrogen (secondary N) is 1. The molecule has 0 fully saturated rings. The fourth-order valence-electron chi connectivity index (χ4n) is 1.99. The molecule has 0 radical (unpaired) electrons. The van der Waals surface area contributed by atoms with Gasteiger partial charge in [0.1, 0.15) is 0 Å². The van der Waals surface area contributed by atoms with E-state index in [4.69, 9.17) is 11.6 Å². The summed E-state index contributed by atoms with van der Waals surface area (Å²) in [5, 5.41) is 13.5. The van der Waals surface area contributed by atoms with Crippen LogP contribution in [0.1, 0.15) is 16.7 Å². The molecule has 0 amide bonds. The van der Waals surface area contributed by atoms with Crippen LogP contribution in [0.25, 0.3) is 0 Å². The molecule has 21 heavy (non-hydrogen) atoms. The highest BCUT2D eigenvalue weighted by Gasteiger charge is 2.19. The van der Waals surface area contributed by atoms with Crippen LogP contribution in [0.4, 0.5) is 0 Å². The van der Waals surface area contributed by atoms with E-state index in [1.54, 1.807) is 24.3 Å². The smallest absolute Gasteiger partial charge is 0.240 e. The lowest BCUT2D eigenvalue weighted by molar-refractivity contribution is 0.280. The van der Waals surface area contributed by atoms with Gasteiger partial charge < -0.3 is 5.11 Å². The summed E-state index contributed by atoms with van der Waals surface area (Å²) < 4.78 is 27.3. The van der Waals surface area contributed by atoms with Gasteiger partial charge in [-0.25, -0.2) is 13.1 Å². The molecule has 114 valence electrons. The van der Waals surface area contributed by atoms with Crippen LogP contribution in [-0.4, -0.2) is 20.1 Å². The number of hydrogen-bond donors (Lipinski definition) is 2. The van der Waals surface area contributed by atoms with Gasteiger partial charge in [-0.05, 0) is 59.0 Å². The molecule has 2 N–H and O–H groups in total. The van der Waals surface area contributed by atoms with Crippen molar-refractivity contribution in [1.29, 1.82) is 0 Å². The van der Waals surface area contributed by atoms with Crippen molar-refractivity contribution in [3.63, 3.8) is 0 Å². The molecule has 0 saturated heterocycles. The highest BCUT2D eigenvalue weighted by atomic mass is 35.5. The highest BCUT2D eigenvalue weighted by Crippen LogP contribution is 2.24. The summed E-state index contributed by atoms with van der Waals surface area (Å²) in [5.74, 6) is 0. The molecule has 0 bridgehead atoms. The maximum atomic E-state index is 12.4. The summed E-state index contributed by atoms with van der Waals surface area (Å²) in [6.45, 7) is 1.73. The van der Waals surface area contributed by atoms with Crippen molar-refractivity contribution in [2.45, 2.75) is 24.8 Å². The third-order valence-electron chi connectivity index (χ3n) is 3.18. The van der Waals surface area contributed by atoms with Gasteiger partial charge in [0.2, 0.25) is 10.0 Å². The number of hydrogen-bond acceptors (Lipinski definition) is 4. The second-order valence-corrected chi connectivity index (χ2v) is 7.58. The zero-order valence-corrected chi connectivity index (χ0v) is 13.9. The molecule has 0 saturated carbocycles. The minimum Gasteiger partial charge on any atom is -0.392 e. The molecule has 7 heteroatoms. The Morgan fingerprint density at radius 3 is 2.76 bits per heavy atom. The second kappa shape index (κ2) is 6.89. The van der Waals surface area contributed by atoms with Crippen LogP contribution in [0.2, 0.25) is 5.02 Å². The summed E-state index contributed by atoms with van der Waals surface area (Å²) in [4.78, 5) is 0.115. The van der Waals surface area contributed by atoms with E-state index in [-0.39, 0.29) is 11.5 Å². The topological polar surface area (TPSA) is 66.4 Å². The van der Waals surface area contributed by atoms with Crippen molar-refractivity contribution in [3.05, 3.63) is 50.7 Å². The predicted molar refractivity (Wildman–Crippen MR) is 85.3 cm³/mol. The maximum absolute atomic E-state index is 12.4. The molecule has 2 aromatic rings. The Labute approximate surface area is 133 Å². The van der Waals surface area contributed by atoms with Gasteiger partial charge in [0, 0.05) is 11.6 Å². The molecule has 4 nitrogen and oxygen atoms in total. The quantitative estimate of drug-likeness (QED) is 0.846. The van der Waals surface area contributed by atoms with Crippen molar-refractivity contribution in [2.24, 2.45) is 0 Å². The molecular weight excluding hydrogens is 330 g/mol. The summed E-state index contributed by atoms with van der Waals surface area (Å²) in [5.41, 5.74) is 2.13. The van der Waals surface area contributed by atoms with Crippen molar-refractivity contribution in [1.82, 2.24) is 4.72 Å². The van der Waals surface area contributed by atoms with Gasteiger partial charge in [-0.1, -0.05) is 11.6 Å². The van der Waals surface area contributed by atoms with Crippen molar-refractivity contribution in [3.8, 4) is 0 Å². The number of aliphatic hydroxyl groups is 1. The van der Waals surface area contributed by atoms with Gasteiger partial charge in [0.05, 0.1) is 11.5 Å². The van der Waals surface area contributed by atoms with E-state index in [0.29, 0.717) is 29.1 Å². The largest absolute Gasteiger partial charge is 0.392 e. The molecule has 0 aliphatic heterocycles. The molecule has 2 rings (SSSR count). The second-order valence-electron chi connectivity index (χ2n) is 4.63. The number of thiophene rings is 1. The van der Waals surface area contributed by atoms with E-state index >= 15 is 0 Å². The summed E-state index contributed by atoms with van der Waals surface area (Å²) in [6.07, 6.45) is 0.634. The minimum atomic E-state index is -3.64. The van der Waals surface area contributed by atoms with Gasteiger partial charge in [0.25, 0.3) is 0 Å². The number of benzene rings is 1. The molecule has 1 heterocycles. The maximum Gasteiger partial charge on any atom is 0.240 e. The first-order valence-electron chi connectivity index (χ1n) is 6.34. The lowest BCUT2D eigenvalue weighted by Crippen LogP contribution is -2.26. The molecular formula is C14H16ClNO3S2. The normalized spacial score (nSPS) is 11.8. The highest BCUT2D eigenvalue weighted by molar-refractivity contribution is 7.89. The van der Waals surface area contributed by atoms with E-state index in [1.165, 1.54) is 6.07 Å². The summed E-state index contributed by atoms with van der Waals surface area (Å²) in [6, 6.07) is 4.94. The molecule has 1 aromatic heterocycles. The molecule has 1 aromatic carbocycles. The predicted octanol–water partition coefficient (Wildman–Crippen LogP) is 2.72. The zero-order valence-electron chi connectivity index (χ0n) is 11.5. The Morgan fingerprint density at radius 1 is 1.38 bits per heavy atom. The zero-order chi connectivity index (χ0) is 15.5. The minimum absolute atomic E-state index is 0.115. The fraction of sp³-hybridized carbons (Fsp3) is 0.286. The third-order valence-corrected chi connectivity index (χ3v) is 5.72. The molecule has 0 aliphatic carbocycles. The first-order chi connectivity index (χ1) is 9.94. The van der Waals surface area contributed by atoms with E-state index in [0.717, 1.165) is 5.56 Å². The average Bonchev–Trinajstić information content (AvgIpc) is 2.93. The van der Waals surface area contributed by atoms with Gasteiger partial charge >= 0.3 is 0 Å². The summed E-state index contributed by atoms with van der Waals surface area (Å²) >= 11 is 7.50. The van der Waals surface area contributed by atoms with Gasteiger partial charge in [-0.2, -0.15) is 11.3 Å². The van der Waals surface area contributed by atoms with Gasteiger partial charge in [-0.3, -0.25) is 0 Å². The van der Waals surface area contributed by atoms with Gasteiger partial charge in [0.15, 0.2) is 0 Å². The van der Waals surface area contributed by atoms with Crippen LogP contribution in [0.5, 0.6) is 0 Å². The van der Waals surface area contributed by atoms with Crippen LogP contribution in [0.3, 0.4) is 0 Å². The molecule has 0 spiro atoms. The average molecular weight is 346 g/mol. The number of aliphatic hydroxyl groups excluding tert-OH is 1. The van der Waals surface area contributed by atoms with Crippen LogP contribution in [-0.2, 0) is 23.1 Å². The van der Waals surface area contributed by atoms with E-state index in [2.05, 4.69) is 4.72 Å². The number of halogens is 1. The lowest BCUT2D eigenvalue weighted by atomic mass is 10.1. The fourth-order valence-corrected chi connectivity index (χ4v) is 4.35. The van der Waals surface area contributed by atoms with E-state index < -0.39 is 10.0 Å². The Kier molecular flexibility index (Phi) is 5.40. The van der Waals surface area contributed by atoms with Crippen molar-refractivity contribution >= 4 is 33.0 Å². The first kappa shape index (κ1) is 16.5. The van der Waals surface area contributed by atoms with Crippen LogP contribution in [0, 0.1) is 6.92 Å². The van der Waals surface area contributed by atoms with Gasteiger partial charge in [-0.15, -0.1) is 0 Å². The monoisotopic (exact) mass is 345 g/mol.